The Balaban J connectivity index is 2.07. The molecule has 1 aliphatic rings. The first-order chi connectivity index (χ1) is 14.9. The van der Waals surface area contributed by atoms with E-state index < -0.39 is 23.5 Å². The molecule has 31 heavy (non-hydrogen) atoms. The van der Waals surface area contributed by atoms with Gasteiger partial charge < -0.3 is 14.0 Å². The van der Waals surface area contributed by atoms with Crippen molar-refractivity contribution in [1.82, 2.24) is 4.57 Å². The summed E-state index contributed by atoms with van der Waals surface area (Å²) in [6.45, 7) is 5.34. The molecule has 0 saturated carbocycles. The van der Waals surface area contributed by atoms with Crippen LogP contribution in [0, 0.1) is 0 Å². The summed E-state index contributed by atoms with van der Waals surface area (Å²) >= 11 is 0. The lowest BCUT2D eigenvalue weighted by Gasteiger charge is -2.17. The quantitative estimate of drug-likeness (QED) is 0.457. The zero-order chi connectivity index (χ0) is 22.3. The van der Waals surface area contributed by atoms with E-state index >= 15 is 0 Å². The van der Waals surface area contributed by atoms with Gasteiger partial charge in [0.15, 0.2) is 11.6 Å². The average molecular weight is 419 g/mol. The zero-order valence-corrected chi connectivity index (χ0v) is 17.5. The van der Waals surface area contributed by atoms with E-state index in [0.29, 0.717) is 0 Å². The molecule has 0 spiro atoms. The molecule has 0 aliphatic heterocycles. The monoisotopic (exact) mass is 419 g/mol. The summed E-state index contributed by atoms with van der Waals surface area (Å²) in [5.74, 6) is -2.50. The molecule has 0 fully saturated rings. The molecule has 2 aromatic carbocycles. The molecule has 0 unspecified atom stereocenters. The van der Waals surface area contributed by atoms with Gasteiger partial charge in [0.05, 0.1) is 24.3 Å². The van der Waals surface area contributed by atoms with E-state index in [4.69, 9.17) is 9.47 Å². The molecular formula is C24H21NO6. The molecule has 0 amide bonds. The summed E-state index contributed by atoms with van der Waals surface area (Å²) in [6, 6.07) is 10.7. The molecule has 0 saturated heterocycles. The second kappa shape index (κ2) is 7.83. The van der Waals surface area contributed by atoms with E-state index in [0.717, 1.165) is 10.8 Å². The number of aromatic nitrogens is 1. The van der Waals surface area contributed by atoms with Crippen molar-refractivity contribution in [2.75, 3.05) is 13.2 Å². The summed E-state index contributed by atoms with van der Waals surface area (Å²) < 4.78 is 11.7. The molecule has 158 valence electrons. The molecule has 1 aliphatic carbocycles. The minimum atomic E-state index is -0.762. The molecule has 7 heteroatoms. The first-order valence-electron chi connectivity index (χ1n) is 10.2. The maximum atomic E-state index is 13.6. The van der Waals surface area contributed by atoms with Crippen LogP contribution in [-0.2, 0) is 16.0 Å². The topological polar surface area (TPSA) is 91.7 Å². The molecule has 0 atom stereocenters. The lowest BCUT2D eigenvalue weighted by Crippen LogP contribution is -2.23. The van der Waals surface area contributed by atoms with Gasteiger partial charge >= 0.3 is 11.9 Å². The van der Waals surface area contributed by atoms with Gasteiger partial charge in [0.1, 0.15) is 11.4 Å². The van der Waals surface area contributed by atoms with Crippen LogP contribution in [-0.4, -0.2) is 41.3 Å². The van der Waals surface area contributed by atoms with Crippen LogP contribution in [0.1, 0.15) is 73.6 Å². The highest BCUT2D eigenvalue weighted by atomic mass is 16.5. The standard InChI is InChI=1S/C24H21NO6/c1-4-25-19(23(28)30-5-2)17-18(20(25)24(29)31-6-3)22(27)16-12-14-10-8-7-9-13(14)11-15(16)21(17)26/h7-12H,4-6H2,1-3H3. The number of nitrogens with zero attached hydrogens (tertiary/aromatic N) is 1. The summed E-state index contributed by atoms with van der Waals surface area (Å²) in [6.07, 6.45) is 0. The third-order valence-electron chi connectivity index (χ3n) is 5.35. The van der Waals surface area contributed by atoms with Crippen LogP contribution in [0.2, 0.25) is 0 Å². The van der Waals surface area contributed by atoms with Crippen LogP contribution >= 0.6 is 0 Å². The van der Waals surface area contributed by atoms with Crippen molar-refractivity contribution in [3.8, 4) is 0 Å². The van der Waals surface area contributed by atoms with Gasteiger partial charge in [-0.3, -0.25) is 9.59 Å². The predicted molar refractivity (Wildman–Crippen MR) is 113 cm³/mol. The first-order valence-corrected chi connectivity index (χ1v) is 10.2. The van der Waals surface area contributed by atoms with Gasteiger partial charge in [-0.25, -0.2) is 9.59 Å². The highest BCUT2D eigenvalue weighted by Crippen LogP contribution is 2.36. The molecule has 3 aromatic rings. The smallest absolute Gasteiger partial charge is 0.355 e. The fraction of sp³-hybridized carbons (Fsp3) is 0.250. The average Bonchev–Trinajstić information content (AvgIpc) is 3.12. The first kappa shape index (κ1) is 20.5. The number of carbonyl (C=O) groups is 4. The second-order valence-electron chi connectivity index (χ2n) is 7.04. The number of rotatable bonds is 5. The normalized spacial score (nSPS) is 12.5. The minimum absolute atomic E-state index is 0.0839. The molecule has 0 radical (unpaired) electrons. The molecule has 7 nitrogen and oxygen atoms in total. The van der Waals surface area contributed by atoms with E-state index in [2.05, 4.69) is 0 Å². The van der Waals surface area contributed by atoms with Crippen LogP contribution < -0.4 is 0 Å². The van der Waals surface area contributed by atoms with Gasteiger partial charge in [0.2, 0.25) is 0 Å². The van der Waals surface area contributed by atoms with Crippen molar-refractivity contribution in [2.45, 2.75) is 27.3 Å². The van der Waals surface area contributed by atoms with E-state index in [1.165, 1.54) is 4.57 Å². The molecule has 0 N–H and O–H groups in total. The van der Waals surface area contributed by atoms with Gasteiger partial charge in [-0.1, -0.05) is 24.3 Å². The number of carbonyl (C=O) groups excluding carboxylic acids is 4. The van der Waals surface area contributed by atoms with Crippen molar-refractivity contribution in [3.05, 3.63) is 70.0 Å². The molecule has 0 bridgehead atoms. The van der Waals surface area contributed by atoms with Crippen LogP contribution in [0.25, 0.3) is 10.8 Å². The Hall–Kier alpha value is -3.74. The van der Waals surface area contributed by atoms with Gasteiger partial charge in [-0.2, -0.15) is 0 Å². The summed E-state index contributed by atoms with van der Waals surface area (Å²) in [4.78, 5) is 52.7. The largest absolute Gasteiger partial charge is 0.461 e. The van der Waals surface area contributed by atoms with Crippen molar-refractivity contribution >= 4 is 34.3 Å². The van der Waals surface area contributed by atoms with Crippen LogP contribution in [0.3, 0.4) is 0 Å². The molecular weight excluding hydrogens is 398 g/mol. The van der Waals surface area contributed by atoms with E-state index in [1.807, 2.05) is 24.3 Å². The van der Waals surface area contributed by atoms with Crippen molar-refractivity contribution < 1.29 is 28.7 Å². The predicted octanol–water partition coefficient (Wildman–Crippen LogP) is 3.79. The summed E-state index contributed by atoms with van der Waals surface area (Å²) in [7, 11) is 0. The number of hydrogen-bond donors (Lipinski definition) is 0. The highest BCUT2D eigenvalue weighted by molar-refractivity contribution is 6.33. The fourth-order valence-corrected chi connectivity index (χ4v) is 4.09. The van der Waals surface area contributed by atoms with Gasteiger partial charge in [0.25, 0.3) is 0 Å². The number of fused-ring (bicyclic) bond motifs is 3. The fourth-order valence-electron chi connectivity index (χ4n) is 4.09. The Kier molecular flexibility index (Phi) is 5.19. The van der Waals surface area contributed by atoms with Gasteiger partial charge in [0, 0.05) is 17.7 Å². The van der Waals surface area contributed by atoms with E-state index in [9.17, 15) is 19.2 Å². The number of benzene rings is 2. The number of hydrogen-bond acceptors (Lipinski definition) is 6. The second-order valence-corrected chi connectivity index (χ2v) is 7.04. The lowest BCUT2D eigenvalue weighted by molar-refractivity contribution is 0.0500. The lowest BCUT2D eigenvalue weighted by atomic mass is 9.83. The molecule has 1 heterocycles. The molecule has 1 aromatic heterocycles. The third-order valence-corrected chi connectivity index (χ3v) is 5.35. The highest BCUT2D eigenvalue weighted by Gasteiger charge is 2.42. The maximum absolute atomic E-state index is 13.6. The SMILES string of the molecule is CCOC(=O)c1c2c(c(C(=O)OCC)n1CC)C(=O)c1cc3ccccc3cc1C2=O. The number of ether oxygens (including phenoxy) is 2. The van der Waals surface area contributed by atoms with Gasteiger partial charge in [-0.15, -0.1) is 0 Å². The molecule has 4 rings (SSSR count). The Morgan fingerprint density at radius 1 is 0.774 bits per heavy atom. The number of ketones is 2. The zero-order valence-electron chi connectivity index (χ0n) is 17.5. The Morgan fingerprint density at radius 3 is 1.55 bits per heavy atom. The number of esters is 2. The summed E-state index contributed by atoms with van der Waals surface area (Å²) in [5, 5.41) is 1.59. The third kappa shape index (κ3) is 3.04. The Bertz CT molecular complexity index is 1170. The van der Waals surface area contributed by atoms with E-state index in [1.54, 1.807) is 32.9 Å². The van der Waals surface area contributed by atoms with Crippen LogP contribution in [0.4, 0.5) is 0 Å². The van der Waals surface area contributed by atoms with Crippen molar-refractivity contribution in [2.24, 2.45) is 0 Å². The Morgan fingerprint density at radius 2 is 1.19 bits per heavy atom. The van der Waals surface area contributed by atoms with Crippen LogP contribution in [0.5, 0.6) is 0 Å². The minimum Gasteiger partial charge on any atom is -0.461 e. The van der Waals surface area contributed by atoms with Gasteiger partial charge in [-0.05, 0) is 43.7 Å². The maximum Gasteiger partial charge on any atom is 0.355 e. The van der Waals surface area contributed by atoms with E-state index in [-0.39, 0.29) is 53.4 Å². The summed E-state index contributed by atoms with van der Waals surface area (Å²) in [5.41, 5.74) is 0.00205. The Labute approximate surface area is 178 Å². The van der Waals surface area contributed by atoms with Crippen LogP contribution in [0.15, 0.2) is 36.4 Å². The van der Waals surface area contributed by atoms with Crippen molar-refractivity contribution in [1.29, 1.82) is 0 Å². The van der Waals surface area contributed by atoms with Crippen molar-refractivity contribution in [3.63, 3.8) is 0 Å².